The van der Waals surface area contributed by atoms with Gasteiger partial charge in [-0.3, -0.25) is 0 Å². The molecular weight excluding hydrogens is 266 g/mol. The van der Waals surface area contributed by atoms with Crippen LogP contribution in [0, 0.1) is 0 Å². The van der Waals surface area contributed by atoms with Crippen LogP contribution in [0.2, 0.25) is 0 Å². The van der Waals surface area contributed by atoms with E-state index >= 15 is 0 Å². The molecule has 1 aliphatic carbocycles. The van der Waals surface area contributed by atoms with E-state index < -0.39 is 0 Å². The molecule has 0 saturated heterocycles. The van der Waals surface area contributed by atoms with Crippen LogP contribution < -0.4 is 5.32 Å². The molecule has 20 heavy (non-hydrogen) atoms. The lowest BCUT2D eigenvalue weighted by atomic mass is 9.80. The molecule has 3 rings (SSSR count). The van der Waals surface area contributed by atoms with E-state index in [9.17, 15) is 0 Å². The summed E-state index contributed by atoms with van der Waals surface area (Å²) >= 11 is 1.82. The first kappa shape index (κ1) is 13.8. The van der Waals surface area contributed by atoms with Crippen LogP contribution in [0.1, 0.15) is 24.1 Å². The summed E-state index contributed by atoms with van der Waals surface area (Å²) in [5, 5.41) is 5.78. The van der Waals surface area contributed by atoms with Gasteiger partial charge in [-0.2, -0.15) is 0 Å². The Hall–Kier alpha value is -1.16. The van der Waals surface area contributed by atoms with Crippen molar-refractivity contribution in [2.45, 2.75) is 31.4 Å². The second kappa shape index (κ2) is 6.08. The van der Waals surface area contributed by atoms with Crippen molar-refractivity contribution in [3.63, 3.8) is 0 Å². The van der Waals surface area contributed by atoms with E-state index in [1.165, 1.54) is 35.3 Å². The van der Waals surface area contributed by atoms with Crippen LogP contribution in [0.15, 0.2) is 41.8 Å². The Bertz CT molecular complexity index is 540. The third-order valence-electron chi connectivity index (χ3n) is 4.21. The van der Waals surface area contributed by atoms with Gasteiger partial charge in [0.25, 0.3) is 0 Å². The van der Waals surface area contributed by atoms with Crippen molar-refractivity contribution >= 4 is 11.3 Å². The van der Waals surface area contributed by atoms with E-state index in [0.29, 0.717) is 0 Å². The molecule has 2 nitrogen and oxygen atoms in total. The monoisotopic (exact) mass is 287 g/mol. The largest absolute Gasteiger partial charge is 0.377 e. The predicted molar refractivity (Wildman–Crippen MR) is 85.1 cm³/mol. The first-order valence-electron chi connectivity index (χ1n) is 7.20. The van der Waals surface area contributed by atoms with E-state index in [0.717, 1.165) is 13.1 Å². The second-order valence-electron chi connectivity index (χ2n) is 5.51. The van der Waals surface area contributed by atoms with Gasteiger partial charge in [0.15, 0.2) is 0 Å². The van der Waals surface area contributed by atoms with Crippen LogP contribution in [0.5, 0.6) is 0 Å². The first-order valence-corrected chi connectivity index (χ1v) is 8.08. The molecule has 1 aromatic carbocycles. The van der Waals surface area contributed by atoms with Crippen molar-refractivity contribution in [1.29, 1.82) is 0 Å². The highest BCUT2D eigenvalue weighted by molar-refractivity contribution is 7.10. The summed E-state index contributed by atoms with van der Waals surface area (Å²) in [6.45, 7) is 1.89. The lowest BCUT2D eigenvalue weighted by Gasteiger charge is -2.40. The SMILES string of the molecule is COC1(CNCc2cc(-c3ccccc3)cs2)CCC1. The molecule has 0 spiro atoms. The highest BCUT2D eigenvalue weighted by Gasteiger charge is 2.36. The smallest absolute Gasteiger partial charge is 0.0802 e. The third kappa shape index (κ3) is 2.95. The maximum Gasteiger partial charge on any atom is 0.0802 e. The molecule has 0 bridgehead atoms. The zero-order chi connectivity index (χ0) is 13.8. The molecule has 0 radical (unpaired) electrons. The molecule has 1 saturated carbocycles. The minimum absolute atomic E-state index is 0.111. The number of thiophene rings is 1. The van der Waals surface area contributed by atoms with E-state index in [1.54, 1.807) is 0 Å². The normalized spacial score (nSPS) is 16.9. The van der Waals surface area contributed by atoms with Crippen LogP contribution in [-0.2, 0) is 11.3 Å². The van der Waals surface area contributed by atoms with Crippen molar-refractivity contribution in [2.24, 2.45) is 0 Å². The zero-order valence-corrected chi connectivity index (χ0v) is 12.7. The van der Waals surface area contributed by atoms with Crippen LogP contribution in [-0.4, -0.2) is 19.3 Å². The maximum absolute atomic E-state index is 5.63. The summed E-state index contributed by atoms with van der Waals surface area (Å²) in [6, 6.07) is 12.8. The fraction of sp³-hybridized carbons (Fsp3) is 0.412. The minimum Gasteiger partial charge on any atom is -0.377 e. The van der Waals surface area contributed by atoms with Gasteiger partial charge < -0.3 is 10.1 Å². The number of methoxy groups -OCH3 is 1. The van der Waals surface area contributed by atoms with Gasteiger partial charge in [0.2, 0.25) is 0 Å². The topological polar surface area (TPSA) is 21.3 Å². The Morgan fingerprint density at radius 3 is 2.65 bits per heavy atom. The lowest BCUT2D eigenvalue weighted by Crippen LogP contribution is -2.47. The molecule has 1 heterocycles. The highest BCUT2D eigenvalue weighted by atomic mass is 32.1. The number of rotatable bonds is 6. The Morgan fingerprint density at radius 1 is 1.20 bits per heavy atom. The van der Waals surface area contributed by atoms with Crippen LogP contribution in [0.4, 0.5) is 0 Å². The highest BCUT2D eigenvalue weighted by Crippen LogP contribution is 2.34. The van der Waals surface area contributed by atoms with Crippen LogP contribution in [0.3, 0.4) is 0 Å². The summed E-state index contributed by atoms with van der Waals surface area (Å²) in [7, 11) is 1.83. The number of benzene rings is 1. The molecule has 0 amide bonds. The van der Waals surface area contributed by atoms with E-state index in [-0.39, 0.29) is 5.60 Å². The summed E-state index contributed by atoms with van der Waals surface area (Å²) in [4.78, 5) is 1.38. The number of hydrogen-bond donors (Lipinski definition) is 1. The Kier molecular flexibility index (Phi) is 4.20. The average molecular weight is 287 g/mol. The summed E-state index contributed by atoms with van der Waals surface area (Å²) in [5.74, 6) is 0. The van der Waals surface area contributed by atoms with Crippen molar-refractivity contribution in [2.75, 3.05) is 13.7 Å². The molecule has 1 N–H and O–H groups in total. The molecule has 1 aliphatic rings. The molecule has 2 aromatic rings. The van der Waals surface area contributed by atoms with Gasteiger partial charge in [0, 0.05) is 25.1 Å². The molecule has 0 aliphatic heterocycles. The van der Waals surface area contributed by atoms with E-state index in [2.05, 4.69) is 47.1 Å². The summed E-state index contributed by atoms with van der Waals surface area (Å²) in [5.41, 5.74) is 2.72. The van der Waals surface area contributed by atoms with E-state index in [1.807, 2.05) is 18.4 Å². The number of nitrogens with one attached hydrogen (secondary N) is 1. The van der Waals surface area contributed by atoms with E-state index in [4.69, 9.17) is 4.74 Å². The Labute approximate surface area is 124 Å². The maximum atomic E-state index is 5.63. The van der Waals surface area contributed by atoms with Gasteiger partial charge in [-0.15, -0.1) is 11.3 Å². The number of hydrogen-bond acceptors (Lipinski definition) is 3. The molecule has 3 heteroatoms. The van der Waals surface area contributed by atoms with Crippen molar-refractivity contribution in [3.8, 4) is 11.1 Å². The van der Waals surface area contributed by atoms with Gasteiger partial charge in [-0.25, -0.2) is 0 Å². The second-order valence-corrected chi connectivity index (χ2v) is 6.51. The molecule has 0 unspecified atom stereocenters. The first-order chi connectivity index (χ1) is 9.81. The van der Waals surface area contributed by atoms with Crippen LogP contribution in [0.25, 0.3) is 11.1 Å². The average Bonchev–Trinajstić information content (AvgIpc) is 2.92. The molecule has 0 atom stereocenters. The van der Waals surface area contributed by atoms with Gasteiger partial charge in [-0.05, 0) is 41.8 Å². The molecule has 1 fully saturated rings. The number of ether oxygens (including phenoxy) is 1. The summed E-state index contributed by atoms with van der Waals surface area (Å²) < 4.78 is 5.63. The molecule has 1 aromatic heterocycles. The van der Waals surface area contributed by atoms with Crippen molar-refractivity contribution < 1.29 is 4.74 Å². The van der Waals surface area contributed by atoms with Crippen LogP contribution >= 0.6 is 11.3 Å². The third-order valence-corrected chi connectivity index (χ3v) is 5.14. The van der Waals surface area contributed by atoms with Crippen molar-refractivity contribution in [3.05, 3.63) is 46.7 Å². The van der Waals surface area contributed by atoms with Crippen molar-refractivity contribution in [1.82, 2.24) is 5.32 Å². The predicted octanol–water partition coefficient (Wildman–Crippen LogP) is 4.07. The Balaban J connectivity index is 1.55. The fourth-order valence-corrected chi connectivity index (χ4v) is 3.56. The quantitative estimate of drug-likeness (QED) is 0.864. The Morgan fingerprint density at radius 2 is 2.00 bits per heavy atom. The lowest BCUT2D eigenvalue weighted by molar-refractivity contribution is -0.0695. The summed E-state index contributed by atoms with van der Waals surface area (Å²) in [6.07, 6.45) is 3.68. The zero-order valence-electron chi connectivity index (χ0n) is 11.9. The van der Waals surface area contributed by atoms with Gasteiger partial charge in [-0.1, -0.05) is 30.3 Å². The standard InChI is InChI=1S/C17H21NOS/c1-19-17(8-5-9-17)13-18-11-16-10-15(12-20-16)14-6-3-2-4-7-14/h2-4,6-7,10,12,18H,5,8-9,11,13H2,1H3. The van der Waals surface area contributed by atoms with Gasteiger partial charge in [0.1, 0.15) is 0 Å². The fourth-order valence-electron chi connectivity index (χ4n) is 2.69. The van der Waals surface area contributed by atoms with Gasteiger partial charge in [0.05, 0.1) is 5.60 Å². The molecule has 106 valence electrons. The molecular formula is C17H21NOS. The minimum atomic E-state index is 0.111. The van der Waals surface area contributed by atoms with Gasteiger partial charge >= 0.3 is 0 Å².